The first kappa shape index (κ1) is 18.8. The molecule has 12 heteroatoms. The summed E-state index contributed by atoms with van der Waals surface area (Å²) in [6.45, 7) is -1.14. The third kappa shape index (κ3) is 3.02. The van der Waals surface area contributed by atoms with Crippen molar-refractivity contribution < 1.29 is 41.2 Å². The number of hydrogen-bond donors (Lipinski definition) is 1. The van der Waals surface area contributed by atoms with E-state index in [0.717, 1.165) is 0 Å². The number of alkyl halides is 5. The zero-order valence-electron chi connectivity index (χ0n) is 13.3. The Morgan fingerprint density at radius 3 is 2.33 bits per heavy atom. The molecule has 2 N–H and O–H groups in total. The molecule has 0 unspecified atom stereocenters. The molecule has 0 aromatic carbocycles. The number of fused-ring (bicyclic) bond motifs is 1. The average Bonchev–Trinajstić information content (AvgIpc) is 2.88. The number of hydroxylamine groups is 2. The van der Waals surface area contributed by atoms with Gasteiger partial charge in [0.15, 0.2) is 0 Å². The van der Waals surface area contributed by atoms with Gasteiger partial charge >= 0.3 is 18.1 Å². The monoisotopic (exact) mass is 391 g/mol. The van der Waals surface area contributed by atoms with Gasteiger partial charge in [0, 0.05) is 18.4 Å². The normalized spacial score (nSPS) is 29.2. The predicted molar refractivity (Wildman–Crippen MR) is 76.5 cm³/mol. The van der Waals surface area contributed by atoms with E-state index in [1.165, 1.54) is 0 Å². The predicted octanol–water partition coefficient (Wildman–Crippen LogP) is 0.708. The Hall–Kier alpha value is -2.97. The molecular formula is C15H10F5N3O4. The maximum atomic E-state index is 14.3. The largest absolute Gasteiger partial charge is 0.431 e. The van der Waals surface area contributed by atoms with Crippen molar-refractivity contribution in [2.75, 3.05) is 6.54 Å². The molecule has 1 saturated carbocycles. The Bertz CT molecular complexity index is 849. The molecule has 1 heterocycles. The summed E-state index contributed by atoms with van der Waals surface area (Å²) in [7, 11) is 0. The minimum Gasteiger partial charge on any atom is -0.394 e. The molecule has 0 bridgehead atoms. The molecule has 3 rings (SSSR count). The van der Waals surface area contributed by atoms with Crippen LogP contribution in [0.2, 0.25) is 0 Å². The molecule has 7 nitrogen and oxygen atoms in total. The highest BCUT2D eigenvalue weighted by Crippen LogP contribution is 2.50. The maximum Gasteiger partial charge on any atom is 0.431 e. The van der Waals surface area contributed by atoms with E-state index in [1.807, 2.05) is 0 Å². The van der Waals surface area contributed by atoms with E-state index in [9.17, 15) is 36.3 Å². The van der Waals surface area contributed by atoms with Crippen molar-refractivity contribution in [3.8, 4) is 11.8 Å². The fraction of sp³-hybridized carbons (Fsp3) is 0.467. The molecule has 1 saturated heterocycles. The van der Waals surface area contributed by atoms with Gasteiger partial charge in [-0.1, -0.05) is 11.8 Å². The van der Waals surface area contributed by atoms with E-state index in [4.69, 9.17) is 5.73 Å². The van der Waals surface area contributed by atoms with Gasteiger partial charge in [0.1, 0.15) is 23.9 Å². The van der Waals surface area contributed by atoms with Crippen LogP contribution >= 0.6 is 0 Å². The molecule has 2 aliphatic carbocycles. The molecule has 144 valence electrons. The average molecular weight is 391 g/mol. The smallest absolute Gasteiger partial charge is 0.394 e. The number of carbonyl (C=O) groups excluding carboxylic acids is 3. The molecule has 0 spiro atoms. The number of rotatable bonds is 3. The first-order valence-electron chi connectivity index (χ1n) is 7.52. The number of carbonyl (C=O) groups is 3. The van der Waals surface area contributed by atoms with Crippen molar-refractivity contribution in [2.45, 2.75) is 24.9 Å². The van der Waals surface area contributed by atoms with Crippen LogP contribution in [0.25, 0.3) is 0 Å². The third-order valence-electron chi connectivity index (χ3n) is 4.16. The number of hydrogen-bond acceptors (Lipinski definition) is 6. The fourth-order valence-corrected chi connectivity index (χ4v) is 2.83. The first-order valence-corrected chi connectivity index (χ1v) is 7.52. The van der Waals surface area contributed by atoms with Crippen LogP contribution in [-0.4, -0.2) is 47.2 Å². The summed E-state index contributed by atoms with van der Waals surface area (Å²) in [4.78, 5) is 42.0. The minimum atomic E-state index is -5.09. The first-order chi connectivity index (χ1) is 12.4. The fourth-order valence-electron chi connectivity index (χ4n) is 2.83. The molecule has 0 aromatic rings. The molecule has 2 amide bonds. The van der Waals surface area contributed by atoms with Gasteiger partial charge in [-0.15, -0.1) is 5.06 Å². The van der Waals surface area contributed by atoms with Crippen LogP contribution < -0.4 is 5.73 Å². The summed E-state index contributed by atoms with van der Waals surface area (Å²) in [6, 6.07) is 0. The number of halogens is 5. The topological polar surface area (TPSA) is 102 Å². The summed E-state index contributed by atoms with van der Waals surface area (Å²) in [5.41, 5.74) is 0.931. The highest BCUT2D eigenvalue weighted by atomic mass is 19.4. The van der Waals surface area contributed by atoms with Gasteiger partial charge in [-0.2, -0.15) is 22.0 Å². The summed E-state index contributed by atoms with van der Waals surface area (Å²) >= 11 is 0. The van der Waals surface area contributed by atoms with Crippen LogP contribution in [0.4, 0.5) is 22.0 Å². The van der Waals surface area contributed by atoms with Crippen LogP contribution in [0.15, 0.2) is 16.3 Å². The lowest BCUT2D eigenvalue weighted by Gasteiger charge is -2.20. The van der Waals surface area contributed by atoms with Crippen LogP contribution in [0.1, 0.15) is 12.8 Å². The van der Waals surface area contributed by atoms with E-state index in [1.54, 1.807) is 0 Å². The Kier molecular flexibility index (Phi) is 4.21. The number of aliphatic imine (C=N–C) groups is 1. The standard InChI is InChI=1S/C15H10F5N3O4/c16-14(17)7-2-1-6(7)11(12(21)15(18,19)20)13(14)22-5-10(26)27-23-8(24)3-4-9(23)25/h6-7H,3-5,21H2/t6-,7+/m0/s1. The molecule has 2 fully saturated rings. The van der Waals surface area contributed by atoms with E-state index >= 15 is 0 Å². The van der Waals surface area contributed by atoms with Crippen LogP contribution in [0, 0.1) is 23.7 Å². The lowest BCUT2D eigenvalue weighted by Crippen LogP contribution is -2.35. The summed E-state index contributed by atoms with van der Waals surface area (Å²) in [5, 5.41) is 0.170. The summed E-state index contributed by atoms with van der Waals surface area (Å²) in [6.07, 6.45) is -5.46. The van der Waals surface area contributed by atoms with Gasteiger partial charge in [-0.25, -0.2) is 4.79 Å². The van der Waals surface area contributed by atoms with Gasteiger partial charge in [0.25, 0.3) is 11.8 Å². The lowest BCUT2D eigenvalue weighted by atomic mass is 9.85. The maximum absolute atomic E-state index is 14.3. The molecule has 1 aliphatic heterocycles. The van der Waals surface area contributed by atoms with Crippen LogP contribution in [0.3, 0.4) is 0 Å². The van der Waals surface area contributed by atoms with Gasteiger partial charge in [-0.3, -0.25) is 14.6 Å². The second-order valence-electron chi connectivity index (χ2n) is 5.90. The van der Waals surface area contributed by atoms with Gasteiger partial charge in [0.05, 0.1) is 5.92 Å². The van der Waals surface area contributed by atoms with E-state index in [-0.39, 0.29) is 17.9 Å². The van der Waals surface area contributed by atoms with Crippen molar-refractivity contribution in [2.24, 2.45) is 22.6 Å². The Morgan fingerprint density at radius 2 is 1.85 bits per heavy atom. The van der Waals surface area contributed by atoms with Crippen molar-refractivity contribution in [3.05, 3.63) is 11.3 Å². The summed E-state index contributed by atoms with van der Waals surface area (Å²) < 4.78 is 67.3. The SMILES string of the molecule is NC(=C1C(=NCC(=O)ON2C(=O)CCC2=O)C(F)(F)[C@@H]2C#C[C@H]12)C(F)(F)F. The van der Waals surface area contributed by atoms with E-state index in [0.29, 0.717) is 0 Å². The van der Waals surface area contributed by atoms with Crippen molar-refractivity contribution in [3.63, 3.8) is 0 Å². The minimum absolute atomic E-state index is 0.170. The van der Waals surface area contributed by atoms with Crippen molar-refractivity contribution in [1.29, 1.82) is 0 Å². The number of nitrogens with zero attached hydrogens (tertiary/aromatic N) is 2. The number of nitrogens with two attached hydrogens (primary N) is 1. The lowest BCUT2D eigenvalue weighted by molar-refractivity contribution is -0.196. The highest BCUT2D eigenvalue weighted by molar-refractivity contribution is 6.11. The van der Waals surface area contributed by atoms with Crippen LogP contribution in [0.5, 0.6) is 0 Å². The molecule has 0 aromatic heterocycles. The van der Waals surface area contributed by atoms with Crippen LogP contribution in [-0.2, 0) is 19.2 Å². The van der Waals surface area contributed by atoms with Gasteiger partial charge in [0.2, 0.25) is 0 Å². The van der Waals surface area contributed by atoms with Crippen molar-refractivity contribution in [1.82, 2.24) is 5.06 Å². The molecular weight excluding hydrogens is 381 g/mol. The highest BCUT2D eigenvalue weighted by Gasteiger charge is 2.62. The number of imide groups is 1. The molecule has 0 radical (unpaired) electrons. The molecule has 27 heavy (non-hydrogen) atoms. The third-order valence-corrected chi connectivity index (χ3v) is 4.16. The van der Waals surface area contributed by atoms with E-state index < -0.39 is 65.2 Å². The zero-order valence-corrected chi connectivity index (χ0v) is 13.3. The number of allylic oxidation sites excluding steroid dienone is 2. The number of amides is 2. The Morgan fingerprint density at radius 1 is 1.26 bits per heavy atom. The van der Waals surface area contributed by atoms with E-state index in [2.05, 4.69) is 21.7 Å². The quantitative estimate of drug-likeness (QED) is 0.434. The molecule has 3 aliphatic rings. The zero-order chi connectivity index (χ0) is 20.1. The van der Waals surface area contributed by atoms with Gasteiger partial charge in [-0.05, 0) is 0 Å². The summed E-state index contributed by atoms with van der Waals surface area (Å²) in [5.74, 6) is -5.73. The Labute approximate surface area is 148 Å². The Balaban J connectivity index is 1.85. The van der Waals surface area contributed by atoms with Crippen molar-refractivity contribution >= 4 is 23.5 Å². The second-order valence-corrected chi connectivity index (χ2v) is 5.90. The molecule has 2 atom stereocenters. The second kappa shape index (κ2) is 6.04. The van der Waals surface area contributed by atoms with Gasteiger partial charge < -0.3 is 10.6 Å².